The highest BCUT2D eigenvalue weighted by Crippen LogP contribution is 1.78. The van der Waals surface area contributed by atoms with Gasteiger partial charge in [0.1, 0.15) is 12.6 Å². The van der Waals surface area contributed by atoms with Crippen LogP contribution in [0.4, 0.5) is 4.79 Å². The zero-order valence-corrected chi connectivity index (χ0v) is 5.61. The molecule has 0 aliphatic carbocycles. The molecule has 0 fully saturated rings. The predicted octanol–water partition coefficient (Wildman–Crippen LogP) is -2.00. The van der Waals surface area contributed by atoms with E-state index < -0.39 is 18.0 Å². The maximum absolute atomic E-state index is 10.0. The average Bonchev–Trinajstić information content (AvgIpc) is 1.86. The van der Waals surface area contributed by atoms with Gasteiger partial charge in [0.25, 0.3) is 0 Å². The quantitative estimate of drug-likeness (QED) is 0.356. The first-order chi connectivity index (χ1) is 5.04. The zero-order chi connectivity index (χ0) is 8.85. The molecule has 7 heteroatoms. The van der Waals surface area contributed by atoms with Crippen LogP contribution in [0.25, 0.3) is 0 Å². The lowest BCUT2D eigenvalue weighted by Crippen LogP contribution is -2.39. The van der Waals surface area contributed by atoms with Gasteiger partial charge in [-0.2, -0.15) is 0 Å². The lowest BCUT2D eigenvalue weighted by molar-refractivity contribution is -0.140. The molecule has 0 spiro atoms. The van der Waals surface area contributed by atoms with Gasteiger partial charge in [-0.1, -0.05) is 0 Å². The highest BCUT2D eigenvalue weighted by atomic mass is 16.7. The number of rotatable bonds is 4. The number of carboxylic acids is 1. The minimum Gasteiger partial charge on any atom is -0.480 e. The Labute approximate surface area is 62.2 Å². The lowest BCUT2D eigenvalue weighted by atomic mass is 10.3. The van der Waals surface area contributed by atoms with Crippen LogP contribution in [0.2, 0.25) is 0 Å². The van der Waals surface area contributed by atoms with Crippen molar-refractivity contribution >= 4 is 12.0 Å². The van der Waals surface area contributed by atoms with Crippen LogP contribution in [0.3, 0.4) is 0 Å². The van der Waals surface area contributed by atoms with E-state index in [-0.39, 0.29) is 6.61 Å². The summed E-state index contributed by atoms with van der Waals surface area (Å²) in [5.74, 6) is -1.21. The second kappa shape index (κ2) is 4.47. The van der Waals surface area contributed by atoms with E-state index in [0.717, 1.165) is 0 Å². The number of carbonyl (C=O) groups is 2. The Balaban J connectivity index is 3.39. The molecule has 0 aromatic rings. The molecule has 0 saturated heterocycles. The van der Waals surface area contributed by atoms with Gasteiger partial charge in [-0.15, -0.1) is 0 Å². The summed E-state index contributed by atoms with van der Waals surface area (Å²) in [5, 5.41) is 8.20. The van der Waals surface area contributed by atoms with Gasteiger partial charge in [0.2, 0.25) is 0 Å². The molecule has 2 amide bonds. The smallest absolute Gasteiger partial charge is 0.336 e. The van der Waals surface area contributed by atoms with E-state index >= 15 is 0 Å². The number of amides is 2. The van der Waals surface area contributed by atoms with Crippen LogP contribution < -0.4 is 16.9 Å². The second-order valence-corrected chi connectivity index (χ2v) is 1.72. The first kappa shape index (κ1) is 9.66. The minimum atomic E-state index is -1.21. The maximum atomic E-state index is 10.0. The summed E-state index contributed by atoms with van der Waals surface area (Å²) in [7, 11) is 0. The fraction of sp³-hybridized carbons (Fsp3) is 0.500. The molecule has 64 valence electrons. The van der Waals surface area contributed by atoms with Crippen molar-refractivity contribution in [2.24, 2.45) is 11.5 Å². The van der Waals surface area contributed by atoms with E-state index in [9.17, 15) is 9.59 Å². The van der Waals surface area contributed by atoms with Crippen LogP contribution in [-0.2, 0) is 9.63 Å². The van der Waals surface area contributed by atoms with Gasteiger partial charge in [-0.3, -0.25) is 9.63 Å². The van der Waals surface area contributed by atoms with Gasteiger partial charge in [-0.25, -0.2) is 10.3 Å². The number of carbonyl (C=O) groups excluding carboxylic acids is 1. The van der Waals surface area contributed by atoms with Gasteiger partial charge < -0.3 is 16.6 Å². The Morgan fingerprint density at radius 2 is 2.18 bits per heavy atom. The van der Waals surface area contributed by atoms with Crippen LogP contribution in [0.1, 0.15) is 0 Å². The molecule has 0 aliphatic heterocycles. The molecule has 11 heavy (non-hydrogen) atoms. The summed E-state index contributed by atoms with van der Waals surface area (Å²) in [6, 6.07) is -2.07. The molecule has 6 N–H and O–H groups in total. The normalized spacial score (nSPS) is 12.1. The molecule has 0 saturated carbocycles. The van der Waals surface area contributed by atoms with E-state index in [4.69, 9.17) is 10.8 Å². The fourth-order valence-corrected chi connectivity index (χ4v) is 0.274. The van der Waals surface area contributed by atoms with Crippen molar-refractivity contribution in [1.29, 1.82) is 0 Å². The van der Waals surface area contributed by atoms with Crippen LogP contribution in [0.5, 0.6) is 0 Å². The van der Waals surface area contributed by atoms with E-state index in [0.29, 0.717) is 0 Å². The molecule has 0 aliphatic rings. The second-order valence-electron chi connectivity index (χ2n) is 1.72. The van der Waals surface area contributed by atoms with Crippen LogP contribution in [-0.4, -0.2) is 29.8 Å². The molecular formula is C4H9N3O4. The number of hydrogen-bond donors (Lipinski definition) is 4. The number of nitrogens with two attached hydrogens (primary N) is 2. The van der Waals surface area contributed by atoms with Crippen LogP contribution >= 0.6 is 0 Å². The Hall–Kier alpha value is -1.34. The predicted molar refractivity (Wildman–Crippen MR) is 34.3 cm³/mol. The van der Waals surface area contributed by atoms with Crippen molar-refractivity contribution in [3.63, 3.8) is 0 Å². The molecule has 0 bridgehead atoms. The van der Waals surface area contributed by atoms with E-state index in [1.165, 1.54) is 0 Å². The van der Waals surface area contributed by atoms with Crippen molar-refractivity contribution in [2.45, 2.75) is 6.04 Å². The fourth-order valence-electron chi connectivity index (χ4n) is 0.274. The summed E-state index contributed by atoms with van der Waals surface area (Å²) in [6.07, 6.45) is 0. The third-order valence-corrected chi connectivity index (χ3v) is 0.753. The third kappa shape index (κ3) is 5.12. The molecule has 0 rings (SSSR count). The molecule has 7 nitrogen and oxygen atoms in total. The number of urea groups is 1. The summed E-state index contributed by atoms with van der Waals surface area (Å²) >= 11 is 0. The van der Waals surface area contributed by atoms with Crippen molar-refractivity contribution in [3.05, 3.63) is 0 Å². The maximum Gasteiger partial charge on any atom is 0.336 e. The summed E-state index contributed by atoms with van der Waals surface area (Å²) < 4.78 is 0. The van der Waals surface area contributed by atoms with Gasteiger partial charge in [0, 0.05) is 0 Å². The molecule has 0 heterocycles. The highest BCUT2D eigenvalue weighted by Gasteiger charge is 2.11. The molecule has 1 atom stereocenters. The number of aliphatic carboxylic acids is 1. The average molecular weight is 163 g/mol. The lowest BCUT2D eigenvalue weighted by Gasteiger charge is -2.05. The Morgan fingerprint density at radius 3 is 2.55 bits per heavy atom. The molecule has 0 aromatic carbocycles. The highest BCUT2D eigenvalue weighted by molar-refractivity contribution is 5.73. The first-order valence-electron chi connectivity index (χ1n) is 2.69. The number of nitrogens with one attached hydrogen (secondary N) is 1. The third-order valence-electron chi connectivity index (χ3n) is 0.753. The number of carboxylic acid groups (broad SMARTS) is 1. The van der Waals surface area contributed by atoms with E-state index in [2.05, 4.69) is 10.6 Å². The Morgan fingerprint density at radius 1 is 1.64 bits per heavy atom. The van der Waals surface area contributed by atoms with E-state index in [1.54, 1.807) is 5.48 Å². The van der Waals surface area contributed by atoms with Gasteiger partial charge in [0.15, 0.2) is 0 Å². The van der Waals surface area contributed by atoms with Gasteiger partial charge in [-0.05, 0) is 0 Å². The number of primary amides is 1. The topological polar surface area (TPSA) is 128 Å². The number of hydroxylamine groups is 1. The summed E-state index contributed by atoms with van der Waals surface area (Å²) in [6.45, 7) is -0.321. The van der Waals surface area contributed by atoms with Crippen LogP contribution in [0.15, 0.2) is 0 Å². The summed E-state index contributed by atoms with van der Waals surface area (Å²) in [4.78, 5) is 24.3. The Kier molecular flexibility index (Phi) is 3.93. The van der Waals surface area contributed by atoms with Crippen molar-refractivity contribution in [2.75, 3.05) is 6.61 Å². The molecule has 0 aromatic heterocycles. The molecule has 0 radical (unpaired) electrons. The molecular weight excluding hydrogens is 154 g/mol. The first-order valence-corrected chi connectivity index (χ1v) is 2.69. The Bertz CT molecular complexity index is 159. The number of hydrogen-bond acceptors (Lipinski definition) is 4. The van der Waals surface area contributed by atoms with Gasteiger partial charge in [0.05, 0.1) is 0 Å². The SMILES string of the molecule is NC(=O)NOCC(N)C(=O)O. The standard InChI is InChI=1S/C4H9N3O4/c5-2(3(8)9)1-11-7-4(6)10/h2H,1,5H2,(H,8,9)(H3,6,7,10). The zero-order valence-electron chi connectivity index (χ0n) is 5.61. The van der Waals surface area contributed by atoms with Crippen LogP contribution in [0, 0.1) is 0 Å². The monoisotopic (exact) mass is 163 g/mol. The van der Waals surface area contributed by atoms with E-state index in [1.807, 2.05) is 0 Å². The minimum absolute atomic E-state index is 0.321. The summed E-state index contributed by atoms with van der Waals surface area (Å²) in [5.41, 5.74) is 11.3. The van der Waals surface area contributed by atoms with Crippen molar-refractivity contribution in [3.8, 4) is 0 Å². The van der Waals surface area contributed by atoms with Gasteiger partial charge >= 0.3 is 12.0 Å². The largest absolute Gasteiger partial charge is 0.480 e. The van der Waals surface area contributed by atoms with Crippen molar-refractivity contribution in [1.82, 2.24) is 5.48 Å². The molecule has 1 unspecified atom stereocenters. The van der Waals surface area contributed by atoms with Crippen molar-refractivity contribution < 1.29 is 19.5 Å².